The Hall–Kier alpha value is -2.58. The van der Waals surface area contributed by atoms with Gasteiger partial charge in [0, 0.05) is 18.0 Å². The first-order valence-corrected chi connectivity index (χ1v) is 11.5. The molecule has 2 heterocycles. The number of amides is 1. The standard InChI is InChI=1S/C22H25N3O3S2/c1-4-12-25-21(27)18-13-17(5-2)30-20(18)24-22(25)29-14-19(26)23-11-10-15-6-8-16(28-3)9-7-15/h4,6-9,13H,1,5,10-12,14H2,2-3H3,(H,23,26). The maximum Gasteiger partial charge on any atom is 0.263 e. The summed E-state index contributed by atoms with van der Waals surface area (Å²) in [6.45, 7) is 6.69. The van der Waals surface area contributed by atoms with Crippen molar-refractivity contribution >= 4 is 39.2 Å². The summed E-state index contributed by atoms with van der Waals surface area (Å²) in [4.78, 5) is 31.6. The van der Waals surface area contributed by atoms with Gasteiger partial charge < -0.3 is 10.1 Å². The summed E-state index contributed by atoms with van der Waals surface area (Å²) in [5.41, 5.74) is 1.04. The number of fused-ring (bicyclic) bond motifs is 1. The summed E-state index contributed by atoms with van der Waals surface area (Å²) in [6, 6.07) is 9.69. The Morgan fingerprint density at radius 2 is 2.13 bits per heavy atom. The molecule has 0 aliphatic carbocycles. The quantitative estimate of drug-likeness (QED) is 0.294. The van der Waals surface area contributed by atoms with Gasteiger partial charge >= 0.3 is 0 Å². The van der Waals surface area contributed by atoms with Gasteiger partial charge in [0.2, 0.25) is 5.91 Å². The number of allylic oxidation sites excluding steroid dienone is 1. The minimum absolute atomic E-state index is 0.0849. The third-order valence-corrected chi connectivity index (χ3v) is 6.70. The Bertz CT molecular complexity index is 1090. The second kappa shape index (κ2) is 10.4. The van der Waals surface area contributed by atoms with Crippen LogP contribution in [0.2, 0.25) is 0 Å². The number of carbonyl (C=O) groups is 1. The number of thioether (sulfide) groups is 1. The van der Waals surface area contributed by atoms with Gasteiger partial charge in [0.05, 0.1) is 18.2 Å². The number of methoxy groups -OCH3 is 1. The van der Waals surface area contributed by atoms with E-state index < -0.39 is 0 Å². The number of thiophene rings is 1. The second-order valence-corrected chi connectivity index (χ2v) is 8.68. The van der Waals surface area contributed by atoms with Gasteiger partial charge in [-0.2, -0.15) is 0 Å². The minimum atomic E-state index is -0.0894. The molecule has 0 unspecified atom stereocenters. The molecule has 0 aliphatic heterocycles. The molecule has 0 atom stereocenters. The van der Waals surface area contributed by atoms with Crippen LogP contribution in [0.15, 0.2) is 52.9 Å². The fourth-order valence-electron chi connectivity index (χ4n) is 2.94. The van der Waals surface area contributed by atoms with Gasteiger partial charge in [0.25, 0.3) is 5.56 Å². The topological polar surface area (TPSA) is 73.2 Å². The van der Waals surface area contributed by atoms with E-state index in [1.54, 1.807) is 17.8 Å². The highest BCUT2D eigenvalue weighted by Gasteiger charge is 2.15. The molecule has 0 saturated carbocycles. The molecule has 0 aliphatic rings. The number of benzene rings is 1. The van der Waals surface area contributed by atoms with Gasteiger partial charge in [-0.15, -0.1) is 17.9 Å². The summed E-state index contributed by atoms with van der Waals surface area (Å²) in [7, 11) is 1.63. The molecule has 1 aromatic carbocycles. The molecule has 0 radical (unpaired) electrons. The molecule has 3 rings (SSSR count). The molecule has 0 bridgehead atoms. The Labute approximate surface area is 184 Å². The van der Waals surface area contributed by atoms with E-state index in [4.69, 9.17) is 4.74 Å². The van der Waals surface area contributed by atoms with Crippen molar-refractivity contribution in [3.8, 4) is 5.75 Å². The van der Waals surface area contributed by atoms with Crippen LogP contribution in [0.25, 0.3) is 10.2 Å². The fraction of sp³-hybridized carbons (Fsp3) is 0.318. The van der Waals surface area contributed by atoms with Crippen LogP contribution in [-0.4, -0.2) is 34.9 Å². The zero-order valence-corrected chi connectivity index (χ0v) is 18.8. The van der Waals surface area contributed by atoms with Crippen molar-refractivity contribution in [3.63, 3.8) is 0 Å². The highest BCUT2D eigenvalue weighted by Crippen LogP contribution is 2.25. The zero-order valence-electron chi connectivity index (χ0n) is 17.1. The second-order valence-electron chi connectivity index (χ2n) is 6.62. The molecule has 3 aromatic rings. The lowest BCUT2D eigenvalue weighted by atomic mass is 10.1. The van der Waals surface area contributed by atoms with E-state index >= 15 is 0 Å². The number of aryl methyl sites for hydroxylation is 1. The monoisotopic (exact) mass is 443 g/mol. The van der Waals surface area contributed by atoms with E-state index in [2.05, 4.69) is 23.8 Å². The maximum atomic E-state index is 12.8. The predicted molar refractivity (Wildman–Crippen MR) is 124 cm³/mol. The molecule has 0 spiro atoms. The van der Waals surface area contributed by atoms with Crippen molar-refractivity contribution < 1.29 is 9.53 Å². The molecular weight excluding hydrogens is 418 g/mol. The smallest absolute Gasteiger partial charge is 0.263 e. The van der Waals surface area contributed by atoms with E-state index in [1.165, 1.54) is 23.1 Å². The third kappa shape index (κ3) is 5.31. The average Bonchev–Trinajstić information content (AvgIpc) is 3.18. The zero-order chi connectivity index (χ0) is 21.5. The Balaban J connectivity index is 1.62. The summed E-state index contributed by atoms with van der Waals surface area (Å²) >= 11 is 2.80. The van der Waals surface area contributed by atoms with E-state index in [-0.39, 0.29) is 17.2 Å². The van der Waals surface area contributed by atoms with E-state index in [1.807, 2.05) is 30.3 Å². The highest BCUT2D eigenvalue weighted by molar-refractivity contribution is 7.99. The molecule has 6 nitrogen and oxygen atoms in total. The molecule has 30 heavy (non-hydrogen) atoms. The van der Waals surface area contributed by atoms with Crippen LogP contribution < -0.4 is 15.6 Å². The van der Waals surface area contributed by atoms with E-state index in [9.17, 15) is 9.59 Å². The molecule has 2 aromatic heterocycles. The number of hydrogen-bond acceptors (Lipinski definition) is 6. The Morgan fingerprint density at radius 3 is 2.80 bits per heavy atom. The van der Waals surface area contributed by atoms with Crippen molar-refractivity contribution in [3.05, 3.63) is 63.8 Å². The Kier molecular flexibility index (Phi) is 7.70. The van der Waals surface area contributed by atoms with Gasteiger partial charge in [0.15, 0.2) is 5.16 Å². The van der Waals surface area contributed by atoms with Gasteiger partial charge in [-0.05, 0) is 36.6 Å². The van der Waals surface area contributed by atoms with Gasteiger partial charge in [-0.3, -0.25) is 14.2 Å². The van der Waals surface area contributed by atoms with Crippen molar-refractivity contribution in [2.24, 2.45) is 0 Å². The van der Waals surface area contributed by atoms with Crippen LogP contribution >= 0.6 is 23.1 Å². The first kappa shape index (κ1) is 22.1. The predicted octanol–water partition coefficient (Wildman–Crippen LogP) is 3.67. The molecule has 1 N–H and O–H groups in total. The van der Waals surface area contributed by atoms with Crippen molar-refractivity contribution in [1.29, 1.82) is 0 Å². The molecule has 1 amide bonds. The maximum absolute atomic E-state index is 12.8. The lowest BCUT2D eigenvalue weighted by Gasteiger charge is -2.10. The van der Waals surface area contributed by atoms with Crippen LogP contribution in [0.3, 0.4) is 0 Å². The van der Waals surface area contributed by atoms with E-state index in [0.717, 1.165) is 33.9 Å². The van der Waals surface area contributed by atoms with Crippen LogP contribution in [0, 0.1) is 0 Å². The lowest BCUT2D eigenvalue weighted by molar-refractivity contribution is -0.118. The summed E-state index contributed by atoms with van der Waals surface area (Å²) in [5, 5.41) is 4.10. The van der Waals surface area contributed by atoms with Crippen molar-refractivity contribution in [2.75, 3.05) is 19.4 Å². The first-order valence-electron chi connectivity index (χ1n) is 9.72. The number of rotatable bonds is 10. The normalized spacial score (nSPS) is 10.9. The molecule has 0 saturated heterocycles. The number of ether oxygens (including phenoxy) is 1. The van der Waals surface area contributed by atoms with Crippen LogP contribution in [0.5, 0.6) is 5.75 Å². The van der Waals surface area contributed by atoms with Crippen molar-refractivity contribution in [2.45, 2.75) is 31.5 Å². The largest absolute Gasteiger partial charge is 0.497 e. The average molecular weight is 444 g/mol. The number of nitrogens with zero attached hydrogens (tertiary/aromatic N) is 2. The van der Waals surface area contributed by atoms with Gasteiger partial charge in [-0.25, -0.2) is 4.98 Å². The summed E-state index contributed by atoms with van der Waals surface area (Å²) in [6.07, 6.45) is 3.27. The number of nitrogens with one attached hydrogen (secondary N) is 1. The SMILES string of the molecule is C=CCn1c(SCC(=O)NCCc2ccc(OC)cc2)nc2sc(CC)cc2c1=O. The summed E-state index contributed by atoms with van der Waals surface area (Å²) in [5.74, 6) is 0.920. The molecule has 158 valence electrons. The molecule has 8 heteroatoms. The van der Waals surface area contributed by atoms with Gasteiger partial charge in [0.1, 0.15) is 10.6 Å². The first-order chi connectivity index (χ1) is 14.5. The highest BCUT2D eigenvalue weighted by atomic mass is 32.2. The van der Waals surface area contributed by atoms with Gasteiger partial charge in [-0.1, -0.05) is 36.9 Å². The number of carbonyl (C=O) groups excluding carboxylic acids is 1. The number of aromatic nitrogens is 2. The molecule has 0 fully saturated rings. The minimum Gasteiger partial charge on any atom is -0.497 e. The number of hydrogen-bond donors (Lipinski definition) is 1. The van der Waals surface area contributed by atoms with Crippen LogP contribution in [0.4, 0.5) is 0 Å². The van der Waals surface area contributed by atoms with E-state index in [0.29, 0.717) is 23.6 Å². The van der Waals surface area contributed by atoms with Crippen LogP contribution in [-0.2, 0) is 24.2 Å². The third-order valence-electron chi connectivity index (χ3n) is 4.55. The van der Waals surface area contributed by atoms with Crippen molar-refractivity contribution in [1.82, 2.24) is 14.9 Å². The lowest BCUT2D eigenvalue weighted by Crippen LogP contribution is -2.28. The Morgan fingerprint density at radius 1 is 1.37 bits per heavy atom. The van der Waals surface area contributed by atoms with Crippen LogP contribution in [0.1, 0.15) is 17.4 Å². The summed E-state index contributed by atoms with van der Waals surface area (Å²) < 4.78 is 6.73. The fourth-order valence-corrected chi connectivity index (χ4v) is 4.79. The molecular formula is C22H25N3O3S2.